The van der Waals surface area contributed by atoms with Crippen LogP contribution in [0.2, 0.25) is 5.02 Å². The summed E-state index contributed by atoms with van der Waals surface area (Å²) in [5.41, 5.74) is 0.876. The van der Waals surface area contributed by atoms with E-state index in [2.05, 4.69) is 10.2 Å². The first kappa shape index (κ1) is 14.9. The van der Waals surface area contributed by atoms with Crippen molar-refractivity contribution in [3.8, 4) is 11.4 Å². The molecule has 0 atom stereocenters. The maximum atomic E-state index is 10.7. The number of benzene rings is 1. The van der Waals surface area contributed by atoms with E-state index in [9.17, 15) is 4.79 Å². The van der Waals surface area contributed by atoms with Crippen molar-refractivity contribution in [1.29, 1.82) is 0 Å². The van der Waals surface area contributed by atoms with Crippen molar-refractivity contribution in [3.63, 3.8) is 0 Å². The molecule has 2 aromatic rings. The lowest BCUT2D eigenvalue weighted by Gasteiger charge is -2.08. The highest BCUT2D eigenvalue weighted by Crippen LogP contribution is 2.26. The summed E-state index contributed by atoms with van der Waals surface area (Å²) in [6.45, 7) is 2.78. The van der Waals surface area contributed by atoms with Crippen molar-refractivity contribution in [1.82, 2.24) is 14.8 Å². The van der Waals surface area contributed by atoms with Gasteiger partial charge in [-0.2, -0.15) is 0 Å². The molecule has 0 spiro atoms. The zero-order valence-electron chi connectivity index (χ0n) is 10.9. The van der Waals surface area contributed by atoms with Crippen LogP contribution < -0.4 is 0 Å². The molecule has 5 nitrogen and oxygen atoms in total. The molecule has 0 amide bonds. The standard InChI is InChI=1S/C13H14ClN3O2S/c1-2-6-17-12(9-4-3-5-10(14)7-9)15-16-13(17)20-8-11(18)19/h3-5,7H,2,6,8H2,1H3,(H,18,19). The number of aliphatic carboxylic acids is 1. The van der Waals surface area contributed by atoms with Gasteiger partial charge >= 0.3 is 5.97 Å². The molecule has 0 radical (unpaired) electrons. The van der Waals surface area contributed by atoms with Crippen LogP contribution in [0.25, 0.3) is 11.4 Å². The molecule has 1 N–H and O–H groups in total. The van der Waals surface area contributed by atoms with E-state index in [1.807, 2.05) is 29.7 Å². The normalized spacial score (nSPS) is 10.7. The van der Waals surface area contributed by atoms with Crippen molar-refractivity contribution in [2.24, 2.45) is 0 Å². The van der Waals surface area contributed by atoms with Crippen molar-refractivity contribution in [2.45, 2.75) is 25.0 Å². The van der Waals surface area contributed by atoms with Crippen molar-refractivity contribution < 1.29 is 9.90 Å². The second-order valence-corrected chi connectivity index (χ2v) is 5.53. The predicted octanol–water partition coefficient (Wildman–Crippen LogP) is 3.19. The highest BCUT2D eigenvalue weighted by Gasteiger charge is 2.15. The van der Waals surface area contributed by atoms with Gasteiger partial charge in [0.15, 0.2) is 11.0 Å². The van der Waals surface area contributed by atoms with Crippen LogP contribution >= 0.6 is 23.4 Å². The quantitative estimate of drug-likeness (QED) is 0.830. The van der Waals surface area contributed by atoms with Crippen LogP contribution in [0.4, 0.5) is 0 Å². The first-order valence-corrected chi connectivity index (χ1v) is 7.52. The fourth-order valence-electron chi connectivity index (χ4n) is 1.79. The van der Waals surface area contributed by atoms with Gasteiger partial charge in [0.1, 0.15) is 0 Å². The summed E-state index contributed by atoms with van der Waals surface area (Å²) in [7, 11) is 0. The lowest BCUT2D eigenvalue weighted by atomic mass is 10.2. The van der Waals surface area contributed by atoms with Crippen molar-refractivity contribution in [2.75, 3.05) is 5.75 Å². The van der Waals surface area contributed by atoms with Gasteiger partial charge in [0.05, 0.1) is 5.75 Å². The first-order chi connectivity index (χ1) is 9.61. The summed E-state index contributed by atoms with van der Waals surface area (Å²) in [6.07, 6.45) is 0.909. The van der Waals surface area contributed by atoms with Crippen molar-refractivity contribution in [3.05, 3.63) is 29.3 Å². The molecule has 0 bridgehead atoms. The van der Waals surface area contributed by atoms with Crippen LogP contribution in [0.1, 0.15) is 13.3 Å². The van der Waals surface area contributed by atoms with Gasteiger partial charge in [0.2, 0.25) is 0 Å². The van der Waals surface area contributed by atoms with E-state index >= 15 is 0 Å². The van der Waals surface area contributed by atoms with Crippen LogP contribution in [0.3, 0.4) is 0 Å². The van der Waals surface area contributed by atoms with Gasteiger partial charge in [-0.05, 0) is 18.6 Å². The molecule has 106 valence electrons. The number of hydrogen-bond acceptors (Lipinski definition) is 4. The number of halogens is 1. The minimum Gasteiger partial charge on any atom is -0.481 e. The highest BCUT2D eigenvalue weighted by molar-refractivity contribution is 7.99. The number of aromatic nitrogens is 3. The fraction of sp³-hybridized carbons (Fsp3) is 0.308. The third-order valence-corrected chi connectivity index (χ3v) is 3.76. The maximum Gasteiger partial charge on any atom is 0.313 e. The molecule has 0 unspecified atom stereocenters. The minimum absolute atomic E-state index is 0.0304. The molecule has 1 heterocycles. The van der Waals surface area contributed by atoms with E-state index in [1.54, 1.807) is 6.07 Å². The summed E-state index contributed by atoms with van der Waals surface area (Å²) < 4.78 is 1.93. The summed E-state index contributed by atoms with van der Waals surface area (Å²) >= 11 is 7.16. The van der Waals surface area contributed by atoms with E-state index in [0.717, 1.165) is 18.5 Å². The molecule has 1 aromatic carbocycles. The molecular weight excluding hydrogens is 298 g/mol. The average molecular weight is 312 g/mol. The smallest absolute Gasteiger partial charge is 0.313 e. The van der Waals surface area contributed by atoms with Gasteiger partial charge in [-0.25, -0.2) is 0 Å². The Morgan fingerprint density at radius 3 is 2.90 bits per heavy atom. The number of thioether (sulfide) groups is 1. The predicted molar refractivity (Wildman–Crippen MR) is 79.1 cm³/mol. The number of carbonyl (C=O) groups is 1. The SMILES string of the molecule is CCCn1c(SCC(=O)O)nnc1-c1cccc(Cl)c1. The molecule has 1 aromatic heterocycles. The monoisotopic (exact) mass is 311 g/mol. The lowest BCUT2D eigenvalue weighted by Crippen LogP contribution is -2.04. The summed E-state index contributed by atoms with van der Waals surface area (Å²) in [5, 5.41) is 18.3. The number of rotatable bonds is 6. The van der Waals surface area contributed by atoms with Gasteiger partial charge in [0.25, 0.3) is 0 Å². The molecular formula is C13H14ClN3O2S. The number of carboxylic acids is 1. The van der Waals surface area contributed by atoms with Gasteiger partial charge < -0.3 is 9.67 Å². The Hall–Kier alpha value is -1.53. The lowest BCUT2D eigenvalue weighted by molar-refractivity contribution is -0.133. The molecule has 0 aliphatic rings. The molecule has 20 heavy (non-hydrogen) atoms. The van der Waals surface area contributed by atoms with Crippen LogP contribution in [0, 0.1) is 0 Å². The Labute approximate surface area is 126 Å². The Morgan fingerprint density at radius 1 is 1.45 bits per heavy atom. The summed E-state index contributed by atoms with van der Waals surface area (Å²) in [5.74, 6) is -0.190. The largest absolute Gasteiger partial charge is 0.481 e. The fourth-order valence-corrected chi connectivity index (χ4v) is 2.66. The topological polar surface area (TPSA) is 68.0 Å². The molecule has 0 saturated heterocycles. The molecule has 2 rings (SSSR count). The Kier molecular flexibility index (Phi) is 5.03. The average Bonchev–Trinajstić information content (AvgIpc) is 2.80. The Balaban J connectivity index is 2.35. The van der Waals surface area contributed by atoms with E-state index in [1.165, 1.54) is 11.8 Å². The second-order valence-electron chi connectivity index (χ2n) is 4.15. The van der Waals surface area contributed by atoms with Gasteiger partial charge in [-0.1, -0.05) is 42.4 Å². The Bertz CT molecular complexity index is 615. The number of nitrogens with zero attached hydrogens (tertiary/aromatic N) is 3. The minimum atomic E-state index is -0.870. The maximum absolute atomic E-state index is 10.7. The van der Waals surface area contributed by atoms with Crippen LogP contribution in [-0.2, 0) is 11.3 Å². The Morgan fingerprint density at radius 2 is 2.25 bits per heavy atom. The number of hydrogen-bond donors (Lipinski definition) is 1. The summed E-state index contributed by atoms with van der Waals surface area (Å²) in [4.78, 5) is 10.7. The molecule has 0 fully saturated rings. The van der Waals surface area contributed by atoms with Crippen LogP contribution in [0.15, 0.2) is 29.4 Å². The van der Waals surface area contributed by atoms with Crippen LogP contribution in [-0.4, -0.2) is 31.6 Å². The van der Waals surface area contributed by atoms with E-state index < -0.39 is 5.97 Å². The molecule has 0 saturated carbocycles. The second kappa shape index (κ2) is 6.76. The summed E-state index contributed by atoms with van der Waals surface area (Å²) in [6, 6.07) is 7.38. The zero-order valence-corrected chi connectivity index (χ0v) is 12.5. The number of carboxylic acid groups (broad SMARTS) is 1. The van der Waals surface area contributed by atoms with Gasteiger partial charge in [-0.15, -0.1) is 10.2 Å². The van der Waals surface area contributed by atoms with Crippen LogP contribution in [0.5, 0.6) is 0 Å². The van der Waals surface area contributed by atoms with E-state index in [4.69, 9.17) is 16.7 Å². The van der Waals surface area contributed by atoms with E-state index in [-0.39, 0.29) is 5.75 Å². The molecule has 0 aliphatic carbocycles. The van der Waals surface area contributed by atoms with E-state index in [0.29, 0.717) is 16.0 Å². The van der Waals surface area contributed by atoms with Gasteiger partial charge in [0, 0.05) is 17.1 Å². The molecule has 7 heteroatoms. The zero-order chi connectivity index (χ0) is 14.5. The molecule has 0 aliphatic heterocycles. The third kappa shape index (κ3) is 3.52. The highest BCUT2D eigenvalue weighted by atomic mass is 35.5. The first-order valence-electron chi connectivity index (χ1n) is 6.15. The third-order valence-electron chi connectivity index (χ3n) is 2.57. The van der Waals surface area contributed by atoms with Gasteiger partial charge in [-0.3, -0.25) is 4.79 Å². The van der Waals surface area contributed by atoms with Crippen molar-refractivity contribution >= 4 is 29.3 Å².